The van der Waals surface area contributed by atoms with Crippen LogP contribution in [-0.2, 0) is 0 Å². The molecule has 0 amide bonds. The topological polar surface area (TPSA) is 42.2 Å². The van der Waals surface area contributed by atoms with Gasteiger partial charge in [-0.15, -0.1) is 0 Å². The molecule has 2 aromatic rings. The average Bonchev–Trinajstić information content (AvgIpc) is 3.02. The Balaban J connectivity index is 1.72. The van der Waals surface area contributed by atoms with Gasteiger partial charge in [0.15, 0.2) is 0 Å². The molecular weight excluding hydrogens is 331 g/mol. The van der Waals surface area contributed by atoms with Crippen LogP contribution in [0.5, 0.6) is 0 Å². The van der Waals surface area contributed by atoms with Gasteiger partial charge in [0.1, 0.15) is 0 Å². The van der Waals surface area contributed by atoms with Crippen LogP contribution >= 0.6 is 11.6 Å². The summed E-state index contributed by atoms with van der Waals surface area (Å²) < 4.78 is 1.84. The second-order valence-electron chi connectivity index (χ2n) is 6.91. The number of rotatable bonds is 2. The number of para-hydroxylation sites is 1. The molecule has 0 spiro atoms. The van der Waals surface area contributed by atoms with Crippen LogP contribution in [0.3, 0.4) is 0 Å². The quantitative estimate of drug-likeness (QED) is 0.875. The van der Waals surface area contributed by atoms with E-state index in [1.165, 1.54) is 37.7 Å². The van der Waals surface area contributed by atoms with Gasteiger partial charge < -0.3 is 0 Å². The summed E-state index contributed by atoms with van der Waals surface area (Å²) in [6.07, 6.45) is 9.20. The molecular formula is C19H22BClN4. The summed E-state index contributed by atoms with van der Waals surface area (Å²) in [6.45, 7) is 2.12. The van der Waals surface area contributed by atoms with Gasteiger partial charge in [-0.3, -0.25) is 0 Å². The molecule has 1 saturated carbocycles. The Hall–Kier alpha value is -1.88. The summed E-state index contributed by atoms with van der Waals surface area (Å²) >= 11 is 6.57. The molecule has 0 unspecified atom stereocenters. The van der Waals surface area contributed by atoms with Crippen molar-refractivity contribution in [2.45, 2.75) is 51.5 Å². The number of halogens is 1. The minimum atomic E-state index is 0.509. The van der Waals surface area contributed by atoms with Gasteiger partial charge >= 0.3 is 154 Å². The zero-order chi connectivity index (χ0) is 17.2. The van der Waals surface area contributed by atoms with E-state index in [4.69, 9.17) is 16.6 Å². The molecule has 1 aromatic heterocycles. The van der Waals surface area contributed by atoms with Crippen molar-refractivity contribution in [1.29, 1.82) is 0 Å². The molecule has 1 aliphatic carbocycles. The Morgan fingerprint density at radius 2 is 2.00 bits per heavy atom. The number of allylic oxidation sites excluding steroid dienone is 3. The fourth-order valence-corrected chi connectivity index (χ4v) is 3.77. The predicted octanol–water partition coefficient (Wildman–Crippen LogP) is 4.30. The SMILES string of the molecule is CC1=C(NC2CCCCC2)N=C(n2nbc3ccccc32)C(Cl)=CC1. The molecule has 0 atom stereocenters. The number of fused-ring (bicyclic) bond motifs is 1. The van der Waals surface area contributed by atoms with Crippen LogP contribution in [0.25, 0.3) is 10.8 Å². The van der Waals surface area contributed by atoms with Gasteiger partial charge in [0.2, 0.25) is 0 Å². The van der Waals surface area contributed by atoms with Gasteiger partial charge in [0.25, 0.3) is 0 Å². The van der Waals surface area contributed by atoms with E-state index in [-0.39, 0.29) is 0 Å². The molecule has 0 bridgehead atoms. The van der Waals surface area contributed by atoms with Crippen LogP contribution in [0.1, 0.15) is 45.4 Å². The third kappa shape index (κ3) is 3.43. The maximum atomic E-state index is 6.57. The standard InChI is InChI=1S/C19H22BClN4/c1-13-11-12-16(21)19(23-18(13)22-14-7-3-2-4-8-14)25-17-10-6-5-9-15(17)20-24-25/h5-6,9-10,12,14,22H,2-4,7-8,11H2,1H3. The van der Waals surface area contributed by atoms with Crippen molar-refractivity contribution in [3.8, 4) is 0 Å². The maximum absolute atomic E-state index is 6.57. The van der Waals surface area contributed by atoms with E-state index in [9.17, 15) is 0 Å². The molecule has 0 radical (unpaired) electrons. The summed E-state index contributed by atoms with van der Waals surface area (Å²) in [5, 5.41) is 9.93. The van der Waals surface area contributed by atoms with E-state index in [2.05, 4.69) is 23.3 Å². The first-order valence-corrected chi connectivity index (χ1v) is 9.44. The van der Waals surface area contributed by atoms with Crippen molar-refractivity contribution < 1.29 is 0 Å². The fourth-order valence-electron chi connectivity index (χ4n) is 3.57. The van der Waals surface area contributed by atoms with E-state index in [1.807, 2.05) is 36.0 Å². The van der Waals surface area contributed by atoms with Gasteiger partial charge in [0.05, 0.1) is 0 Å². The Morgan fingerprint density at radius 1 is 1.20 bits per heavy atom. The Kier molecular flexibility index (Phi) is 4.75. The average molecular weight is 353 g/mol. The summed E-state index contributed by atoms with van der Waals surface area (Å²) in [4.78, 5) is 4.91. The zero-order valence-corrected chi connectivity index (χ0v) is 15.3. The van der Waals surface area contributed by atoms with Crippen LogP contribution < -0.4 is 5.32 Å². The Bertz CT molecular complexity index is 874. The number of nitrogens with zero attached hydrogens (tertiary/aromatic N) is 3. The Morgan fingerprint density at radius 3 is 2.84 bits per heavy atom. The first-order chi connectivity index (χ1) is 12.2. The molecule has 4 nitrogen and oxygen atoms in total. The third-order valence-electron chi connectivity index (χ3n) is 5.05. The molecule has 1 N–H and O–H groups in total. The van der Waals surface area contributed by atoms with E-state index in [0.717, 1.165) is 23.0 Å². The van der Waals surface area contributed by atoms with E-state index < -0.39 is 0 Å². The molecule has 1 aromatic carbocycles. The van der Waals surface area contributed by atoms with Gasteiger partial charge in [-0.1, -0.05) is 0 Å². The summed E-state index contributed by atoms with van der Waals surface area (Å²) in [5.74, 6) is 1.64. The monoisotopic (exact) mass is 352 g/mol. The van der Waals surface area contributed by atoms with Crippen molar-refractivity contribution in [3.63, 3.8) is 0 Å². The number of nitrogens with one attached hydrogen (secondary N) is 1. The van der Waals surface area contributed by atoms with Crippen LogP contribution in [0, 0.1) is 0 Å². The molecule has 2 aliphatic rings. The van der Waals surface area contributed by atoms with Crippen LogP contribution in [-0.4, -0.2) is 28.6 Å². The number of hydrogen-bond acceptors (Lipinski definition) is 3. The number of hydrogen-bond donors (Lipinski definition) is 1. The molecule has 128 valence electrons. The van der Waals surface area contributed by atoms with Crippen molar-refractivity contribution >= 4 is 35.3 Å². The molecule has 0 saturated heterocycles. The zero-order valence-electron chi connectivity index (χ0n) is 14.5. The summed E-state index contributed by atoms with van der Waals surface area (Å²) in [7, 11) is 1.86. The van der Waals surface area contributed by atoms with E-state index in [1.54, 1.807) is 0 Å². The second-order valence-corrected chi connectivity index (χ2v) is 7.32. The molecule has 4 rings (SSSR count). The van der Waals surface area contributed by atoms with Crippen molar-refractivity contribution in [3.05, 3.63) is 46.8 Å². The van der Waals surface area contributed by atoms with Crippen molar-refractivity contribution in [2.75, 3.05) is 0 Å². The molecule has 6 heteroatoms. The first-order valence-electron chi connectivity index (χ1n) is 9.06. The number of aromatic nitrogens is 2. The molecule has 2 heterocycles. The fraction of sp³-hybridized carbons (Fsp3) is 0.421. The van der Waals surface area contributed by atoms with Crippen LogP contribution in [0.15, 0.2) is 51.8 Å². The summed E-state index contributed by atoms with van der Waals surface area (Å²) in [6, 6.07) is 8.63. The van der Waals surface area contributed by atoms with Crippen LogP contribution in [0.2, 0.25) is 0 Å². The van der Waals surface area contributed by atoms with Gasteiger partial charge in [-0.05, 0) is 0 Å². The van der Waals surface area contributed by atoms with Crippen LogP contribution in [0.4, 0.5) is 0 Å². The van der Waals surface area contributed by atoms with E-state index >= 15 is 0 Å². The Labute approximate surface area is 153 Å². The normalized spacial score (nSPS) is 19.4. The second kappa shape index (κ2) is 7.16. The van der Waals surface area contributed by atoms with Gasteiger partial charge in [-0.25, -0.2) is 0 Å². The van der Waals surface area contributed by atoms with E-state index in [0.29, 0.717) is 16.9 Å². The van der Waals surface area contributed by atoms with Gasteiger partial charge in [-0.2, -0.15) is 0 Å². The molecule has 1 fully saturated rings. The number of aliphatic imine (C=N–C) groups is 1. The van der Waals surface area contributed by atoms with Gasteiger partial charge in [0, 0.05) is 0 Å². The number of benzene rings is 1. The first kappa shape index (κ1) is 16.6. The van der Waals surface area contributed by atoms with Crippen molar-refractivity contribution in [2.24, 2.45) is 4.99 Å². The summed E-state index contributed by atoms with van der Waals surface area (Å²) in [5.41, 5.74) is 2.24. The molecule has 1 aliphatic heterocycles. The van der Waals surface area contributed by atoms with Crippen molar-refractivity contribution in [1.82, 2.24) is 15.0 Å². The minimum absolute atomic E-state index is 0.509. The molecule has 25 heavy (non-hydrogen) atoms. The third-order valence-corrected chi connectivity index (χ3v) is 5.37. The predicted molar refractivity (Wildman–Crippen MR) is 105 cm³/mol.